The number of benzene rings is 2. The molecule has 0 aliphatic carbocycles. The van der Waals surface area contributed by atoms with Gasteiger partial charge in [0.2, 0.25) is 6.79 Å². The molecule has 1 saturated heterocycles. The fourth-order valence-electron chi connectivity index (χ4n) is 3.68. The van der Waals surface area contributed by atoms with Crippen LogP contribution in [0.5, 0.6) is 17.2 Å². The summed E-state index contributed by atoms with van der Waals surface area (Å²) in [6, 6.07) is 14.1. The van der Waals surface area contributed by atoms with E-state index in [1.54, 1.807) is 0 Å². The minimum atomic E-state index is -0.486. The van der Waals surface area contributed by atoms with Crippen molar-refractivity contribution in [1.82, 2.24) is 9.80 Å². The highest BCUT2D eigenvalue weighted by Crippen LogP contribution is 2.32. The molecule has 0 saturated carbocycles. The third-order valence-corrected chi connectivity index (χ3v) is 5.30. The van der Waals surface area contributed by atoms with Gasteiger partial charge in [0.25, 0.3) is 0 Å². The molecule has 6 heteroatoms. The molecule has 150 valence electrons. The van der Waals surface area contributed by atoms with Gasteiger partial charge in [-0.25, -0.2) is 0 Å². The molecule has 0 amide bonds. The van der Waals surface area contributed by atoms with E-state index in [2.05, 4.69) is 21.9 Å². The molecule has 0 aromatic heterocycles. The maximum absolute atomic E-state index is 10.3. The van der Waals surface area contributed by atoms with Crippen molar-refractivity contribution in [3.8, 4) is 17.2 Å². The molecule has 2 aromatic carbocycles. The number of hydrogen-bond donors (Lipinski definition) is 1. The van der Waals surface area contributed by atoms with Gasteiger partial charge in [-0.15, -0.1) is 0 Å². The van der Waals surface area contributed by atoms with E-state index in [-0.39, 0.29) is 0 Å². The number of aryl methyl sites for hydroxylation is 1. The van der Waals surface area contributed by atoms with Crippen LogP contribution in [0.3, 0.4) is 0 Å². The van der Waals surface area contributed by atoms with Gasteiger partial charge in [0.15, 0.2) is 11.5 Å². The SMILES string of the molecule is Cc1ccccc1OC[C@H](O)CN1CCN(Cc2ccc3c(c2)OCO3)CC1. The summed E-state index contributed by atoms with van der Waals surface area (Å²) in [4.78, 5) is 4.74. The van der Waals surface area contributed by atoms with Gasteiger partial charge >= 0.3 is 0 Å². The van der Waals surface area contributed by atoms with E-state index >= 15 is 0 Å². The number of fused-ring (bicyclic) bond motifs is 1. The Balaban J connectivity index is 1.19. The van der Waals surface area contributed by atoms with Gasteiger partial charge in [-0.1, -0.05) is 24.3 Å². The maximum Gasteiger partial charge on any atom is 0.231 e. The smallest absolute Gasteiger partial charge is 0.231 e. The van der Waals surface area contributed by atoms with Crippen LogP contribution in [0.1, 0.15) is 11.1 Å². The molecule has 2 aliphatic rings. The second-order valence-electron chi connectivity index (χ2n) is 7.49. The first-order valence-electron chi connectivity index (χ1n) is 9.87. The van der Waals surface area contributed by atoms with E-state index in [1.165, 1.54) is 5.56 Å². The molecule has 2 heterocycles. The van der Waals surface area contributed by atoms with Crippen LogP contribution in [-0.4, -0.2) is 67.1 Å². The summed E-state index contributed by atoms with van der Waals surface area (Å²) in [6.45, 7) is 8.07. The van der Waals surface area contributed by atoms with Crippen LogP contribution in [-0.2, 0) is 6.54 Å². The molecule has 28 heavy (non-hydrogen) atoms. The molecular formula is C22H28N2O4. The number of ether oxygens (including phenoxy) is 3. The third kappa shape index (κ3) is 4.76. The summed E-state index contributed by atoms with van der Waals surface area (Å²) in [5, 5.41) is 10.3. The van der Waals surface area contributed by atoms with Crippen LogP contribution in [0.25, 0.3) is 0 Å². The highest BCUT2D eigenvalue weighted by molar-refractivity contribution is 5.44. The Bertz CT molecular complexity index is 790. The van der Waals surface area contributed by atoms with Crippen LogP contribution in [0.2, 0.25) is 0 Å². The lowest BCUT2D eigenvalue weighted by Gasteiger charge is -2.35. The number of para-hydroxylation sites is 1. The molecule has 1 atom stereocenters. The van der Waals surface area contributed by atoms with E-state index < -0.39 is 6.10 Å². The lowest BCUT2D eigenvalue weighted by molar-refractivity contribution is 0.0445. The van der Waals surface area contributed by atoms with Crippen molar-refractivity contribution in [3.63, 3.8) is 0 Å². The second-order valence-corrected chi connectivity index (χ2v) is 7.49. The summed E-state index contributed by atoms with van der Waals surface area (Å²) in [7, 11) is 0. The molecule has 1 N–H and O–H groups in total. The first-order chi connectivity index (χ1) is 13.7. The molecule has 0 radical (unpaired) electrons. The zero-order valence-electron chi connectivity index (χ0n) is 16.3. The van der Waals surface area contributed by atoms with Crippen LogP contribution in [0.4, 0.5) is 0 Å². The molecule has 0 bridgehead atoms. The Kier molecular flexibility index (Phi) is 6.00. The molecule has 2 aliphatic heterocycles. The van der Waals surface area contributed by atoms with Gasteiger partial charge in [-0.3, -0.25) is 9.80 Å². The monoisotopic (exact) mass is 384 g/mol. The van der Waals surface area contributed by atoms with Gasteiger partial charge in [0, 0.05) is 39.3 Å². The van der Waals surface area contributed by atoms with Crippen molar-refractivity contribution in [3.05, 3.63) is 53.6 Å². The zero-order valence-corrected chi connectivity index (χ0v) is 16.3. The van der Waals surface area contributed by atoms with Crippen molar-refractivity contribution in [2.75, 3.05) is 46.1 Å². The van der Waals surface area contributed by atoms with Crippen molar-refractivity contribution in [2.45, 2.75) is 19.6 Å². The van der Waals surface area contributed by atoms with E-state index in [0.29, 0.717) is 19.9 Å². The van der Waals surface area contributed by atoms with E-state index in [9.17, 15) is 5.11 Å². The molecule has 6 nitrogen and oxygen atoms in total. The van der Waals surface area contributed by atoms with Crippen molar-refractivity contribution in [1.29, 1.82) is 0 Å². The molecule has 1 fully saturated rings. The third-order valence-electron chi connectivity index (χ3n) is 5.30. The molecular weight excluding hydrogens is 356 g/mol. The van der Waals surface area contributed by atoms with Gasteiger partial charge < -0.3 is 19.3 Å². The maximum atomic E-state index is 10.3. The van der Waals surface area contributed by atoms with Crippen molar-refractivity contribution >= 4 is 0 Å². The largest absolute Gasteiger partial charge is 0.491 e. The van der Waals surface area contributed by atoms with Crippen LogP contribution >= 0.6 is 0 Å². The summed E-state index contributed by atoms with van der Waals surface area (Å²) < 4.78 is 16.6. The van der Waals surface area contributed by atoms with Crippen LogP contribution < -0.4 is 14.2 Å². The average Bonchev–Trinajstić information content (AvgIpc) is 3.17. The number of β-amino-alcohol motifs (C(OH)–C–C–N with tert-alkyl or cyclic N) is 1. The lowest BCUT2D eigenvalue weighted by atomic mass is 10.1. The van der Waals surface area contributed by atoms with Gasteiger partial charge in [0.1, 0.15) is 18.5 Å². The van der Waals surface area contributed by atoms with Crippen LogP contribution in [0, 0.1) is 6.92 Å². The first-order valence-corrected chi connectivity index (χ1v) is 9.87. The fourth-order valence-corrected chi connectivity index (χ4v) is 3.68. The minimum absolute atomic E-state index is 0.313. The van der Waals surface area contributed by atoms with E-state index in [1.807, 2.05) is 37.3 Å². The predicted octanol–water partition coefficient (Wildman–Crippen LogP) is 2.28. The molecule has 0 spiro atoms. The quantitative estimate of drug-likeness (QED) is 0.791. The minimum Gasteiger partial charge on any atom is -0.491 e. The Labute approximate surface area is 166 Å². The summed E-state index contributed by atoms with van der Waals surface area (Å²) in [5.41, 5.74) is 2.33. The first kappa shape index (κ1) is 19.1. The predicted molar refractivity (Wildman–Crippen MR) is 107 cm³/mol. The summed E-state index contributed by atoms with van der Waals surface area (Å²) in [6.07, 6.45) is -0.486. The Hall–Kier alpha value is -2.28. The number of aliphatic hydroxyl groups is 1. The highest BCUT2D eigenvalue weighted by Gasteiger charge is 2.21. The molecule has 4 rings (SSSR count). The lowest BCUT2D eigenvalue weighted by Crippen LogP contribution is -2.48. The van der Waals surface area contributed by atoms with Gasteiger partial charge in [-0.05, 0) is 36.2 Å². The Morgan fingerprint density at radius 2 is 1.75 bits per heavy atom. The second kappa shape index (κ2) is 8.82. The zero-order chi connectivity index (χ0) is 19.3. The van der Waals surface area contributed by atoms with Gasteiger partial charge in [0.05, 0.1) is 0 Å². The normalized spacial score (nSPS) is 18.2. The summed E-state index contributed by atoms with van der Waals surface area (Å²) in [5.74, 6) is 2.51. The van der Waals surface area contributed by atoms with Gasteiger partial charge in [-0.2, -0.15) is 0 Å². The molecule has 0 unspecified atom stereocenters. The highest BCUT2D eigenvalue weighted by atomic mass is 16.7. The number of hydrogen-bond acceptors (Lipinski definition) is 6. The number of nitrogens with zero attached hydrogens (tertiary/aromatic N) is 2. The standard InChI is InChI=1S/C22H28N2O4/c1-17-4-2-3-5-20(17)26-15-19(25)14-24-10-8-23(9-11-24)13-18-6-7-21-22(12-18)28-16-27-21/h2-7,12,19,25H,8-11,13-16H2,1H3/t19-/m1/s1. The number of piperazine rings is 1. The molecule has 2 aromatic rings. The Morgan fingerprint density at radius 1 is 1.00 bits per heavy atom. The average molecular weight is 384 g/mol. The topological polar surface area (TPSA) is 54.4 Å². The Morgan fingerprint density at radius 3 is 2.57 bits per heavy atom. The van der Waals surface area contributed by atoms with E-state index in [4.69, 9.17) is 14.2 Å². The number of rotatable bonds is 7. The fraction of sp³-hybridized carbons (Fsp3) is 0.455. The van der Waals surface area contributed by atoms with Crippen molar-refractivity contribution in [2.24, 2.45) is 0 Å². The number of aliphatic hydroxyl groups excluding tert-OH is 1. The van der Waals surface area contributed by atoms with Crippen molar-refractivity contribution < 1.29 is 19.3 Å². The summed E-state index contributed by atoms with van der Waals surface area (Å²) >= 11 is 0. The van der Waals surface area contributed by atoms with E-state index in [0.717, 1.165) is 55.5 Å². The van der Waals surface area contributed by atoms with Crippen LogP contribution in [0.15, 0.2) is 42.5 Å².